The van der Waals surface area contributed by atoms with Gasteiger partial charge in [0.25, 0.3) is 5.91 Å². The van der Waals surface area contributed by atoms with E-state index in [9.17, 15) is 18.0 Å². The highest BCUT2D eigenvalue weighted by Gasteiger charge is 2.30. The molecule has 1 heterocycles. The van der Waals surface area contributed by atoms with Crippen molar-refractivity contribution in [1.29, 1.82) is 0 Å². The molecule has 1 aliphatic carbocycles. The molecule has 0 spiro atoms. The standard InChI is InChI=1S/C22H20F3N3O/c1-13-5-7-19-17(9-13)18-11-15(6-8-20(18)27-19)21(29)28-26-12-14-3-2-4-16(10-14)22(23,24)25/h2-4,6,8,10-13,27H,5,7,9H2,1H3,(H,28,29)/b26-12-. The van der Waals surface area contributed by atoms with E-state index in [1.54, 1.807) is 6.07 Å². The number of hydrogen-bond acceptors (Lipinski definition) is 2. The lowest BCUT2D eigenvalue weighted by molar-refractivity contribution is -0.137. The van der Waals surface area contributed by atoms with Gasteiger partial charge in [-0.1, -0.05) is 19.1 Å². The number of fused-ring (bicyclic) bond motifs is 3. The molecule has 2 N–H and O–H groups in total. The molecule has 1 unspecified atom stereocenters. The third-order valence-corrected chi connectivity index (χ3v) is 5.29. The maximum Gasteiger partial charge on any atom is 0.416 e. The number of benzene rings is 2. The molecule has 150 valence electrons. The third-order valence-electron chi connectivity index (χ3n) is 5.29. The summed E-state index contributed by atoms with van der Waals surface area (Å²) in [6.07, 6.45) is -0.0826. The van der Waals surface area contributed by atoms with E-state index in [0.717, 1.165) is 42.3 Å². The number of nitrogens with zero attached hydrogens (tertiary/aromatic N) is 1. The Morgan fingerprint density at radius 2 is 2.07 bits per heavy atom. The Labute approximate surface area is 165 Å². The minimum Gasteiger partial charge on any atom is -0.358 e. The minimum atomic E-state index is -4.42. The number of hydrogen-bond donors (Lipinski definition) is 2. The van der Waals surface area contributed by atoms with Gasteiger partial charge in [-0.25, -0.2) is 5.43 Å². The first kappa shape index (κ1) is 19.2. The van der Waals surface area contributed by atoms with Crippen molar-refractivity contribution in [1.82, 2.24) is 10.4 Å². The predicted octanol–water partition coefficient (Wildman–Crippen LogP) is 5.08. The number of nitrogens with one attached hydrogen (secondary N) is 2. The summed E-state index contributed by atoms with van der Waals surface area (Å²) in [5.41, 5.74) is 5.85. The molecule has 7 heteroatoms. The van der Waals surface area contributed by atoms with Crippen LogP contribution in [0.1, 0.15) is 46.1 Å². The van der Waals surface area contributed by atoms with Gasteiger partial charge in [-0.3, -0.25) is 4.79 Å². The number of hydrazone groups is 1. The third kappa shape index (κ3) is 4.04. The van der Waals surface area contributed by atoms with Crippen LogP contribution in [0.15, 0.2) is 47.6 Å². The number of aryl methyl sites for hydroxylation is 1. The smallest absolute Gasteiger partial charge is 0.358 e. The van der Waals surface area contributed by atoms with Crippen LogP contribution in [0.5, 0.6) is 0 Å². The average molecular weight is 399 g/mol. The summed E-state index contributed by atoms with van der Waals surface area (Å²) in [4.78, 5) is 15.9. The molecule has 0 saturated heterocycles. The molecule has 1 atom stereocenters. The van der Waals surface area contributed by atoms with Gasteiger partial charge in [-0.2, -0.15) is 18.3 Å². The van der Waals surface area contributed by atoms with Crippen molar-refractivity contribution in [2.24, 2.45) is 11.0 Å². The van der Waals surface area contributed by atoms with Crippen LogP contribution < -0.4 is 5.43 Å². The lowest BCUT2D eigenvalue weighted by Gasteiger charge is -2.18. The maximum atomic E-state index is 12.8. The summed E-state index contributed by atoms with van der Waals surface area (Å²) in [5.74, 6) is 0.199. The molecule has 1 amide bonds. The first-order chi connectivity index (χ1) is 13.8. The number of H-pyrrole nitrogens is 1. The van der Waals surface area contributed by atoms with Crippen molar-refractivity contribution >= 4 is 23.0 Å². The molecule has 0 bridgehead atoms. The van der Waals surface area contributed by atoms with Crippen molar-refractivity contribution in [3.05, 3.63) is 70.4 Å². The van der Waals surface area contributed by atoms with E-state index in [0.29, 0.717) is 11.5 Å². The van der Waals surface area contributed by atoms with Gasteiger partial charge in [-0.05, 0) is 66.6 Å². The monoisotopic (exact) mass is 399 g/mol. The van der Waals surface area contributed by atoms with Crippen LogP contribution in [-0.2, 0) is 19.0 Å². The molecular weight excluding hydrogens is 379 g/mol. The summed E-state index contributed by atoms with van der Waals surface area (Å²) >= 11 is 0. The van der Waals surface area contributed by atoms with E-state index in [4.69, 9.17) is 0 Å². The predicted molar refractivity (Wildman–Crippen MR) is 106 cm³/mol. The zero-order valence-corrected chi connectivity index (χ0v) is 15.8. The van der Waals surface area contributed by atoms with Crippen molar-refractivity contribution < 1.29 is 18.0 Å². The average Bonchev–Trinajstić information content (AvgIpc) is 3.04. The fourth-order valence-electron chi connectivity index (χ4n) is 3.76. The second-order valence-corrected chi connectivity index (χ2v) is 7.51. The number of carbonyl (C=O) groups is 1. The zero-order valence-electron chi connectivity index (χ0n) is 15.8. The topological polar surface area (TPSA) is 57.2 Å². The van der Waals surface area contributed by atoms with Gasteiger partial charge in [0.05, 0.1) is 11.8 Å². The normalized spacial score (nSPS) is 16.9. The van der Waals surface area contributed by atoms with E-state index in [2.05, 4.69) is 22.4 Å². The Morgan fingerprint density at radius 3 is 2.86 bits per heavy atom. The molecule has 2 aromatic carbocycles. The molecular formula is C22H20F3N3O. The number of alkyl halides is 3. The number of rotatable bonds is 3. The Kier molecular flexibility index (Phi) is 4.90. The number of amides is 1. The summed E-state index contributed by atoms with van der Waals surface area (Å²) < 4.78 is 38.3. The minimum absolute atomic E-state index is 0.254. The zero-order chi connectivity index (χ0) is 20.6. The van der Waals surface area contributed by atoms with Crippen molar-refractivity contribution in [2.45, 2.75) is 32.4 Å². The molecule has 1 aromatic heterocycles. The van der Waals surface area contributed by atoms with Crippen LogP contribution in [0.25, 0.3) is 10.9 Å². The van der Waals surface area contributed by atoms with Gasteiger partial charge < -0.3 is 4.98 Å². The second kappa shape index (κ2) is 7.39. The van der Waals surface area contributed by atoms with Crippen LogP contribution in [0.3, 0.4) is 0 Å². The lowest BCUT2D eigenvalue weighted by Crippen LogP contribution is -2.17. The summed E-state index contributed by atoms with van der Waals surface area (Å²) in [5, 5.41) is 4.85. The van der Waals surface area contributed by atoms with Crippen LogP contribution in [0.2, 0.25) is 0 Å². The summed E-state index contributed by atoms with van der Waals surface area (Å²) in [7, 11) is 0. The lowest BCUT2D eigenvalue weighted by atomic mass is 9.87. The van der Waals surface area contributed by atoms with E-state index in [-0.39, 0.29) is 5.56 Å². The van der Waals surface area contributed by atoms with E-state index in [1.165, 1.54) is 29.6 Å². The number of aromatic nitrogens is 1. The van der Waals surface area contributed by atoms with Crippen LogP contribution in [-0.4, -0.2) is 17.1 Å². The van der Waals surface area contributed by atoms with Crippen molar-refractivity contribution in [3.63, 3.8) is 0 Å². The Bertz CT molecular complexity index is 1100. The van der Waals surface area contributed by atoms with Crippen LogP contribution >= 0.6 is 0 Å². The fourth-order valence-corrected chi connectivity index (χ4v) is 3.76. The van der Waals surface area contributed by atoms with Gasteiger partial charge in [-0.15, -0.1) is 0 Å². The molecule has 0 aliphatic heterocycles. The van der Waals surface area contributed by atoms with Gasteiger partial charge >= 0.3 is 6.18 Å². The summed E-state index contributed by atoms with van der Waals surface area (Å²) in [6.45, 7) is 2.22. The number of halogens is 3. The highest BCUT2D eigenvalue weighted by Crippen LogP contribution is 2.32. The Morgan fingerprint density at radius 1 is 1.24 bits per heavy atom. The first-order valence-corrected chi connectivity index (χ1v) is 9.45. The largest absolute Gasteiger partial charge is 0.416 e. The number of aromatic amines is 1. The van der Waals surface area contributed by atoms with Gasteiger partial charge in [0, 0.05) is 22.2 Å². The maximum absolute atomic E-state index is 12.8. The van der Waals surface area contributed by atoms with Gasteiger partial charge in [0.2, 0.25) is 0 Å². The summed E-state index contributed by atoms with van der Waals surface area (Å²) in [6, 6.07) is 10.2. The molecule has 3 aromatic rings. The Balaban J connectivity index is 1.51. The van der Waals surface area contributed by atoms with Crippen LogP contribution in [0, 0.1) is 5.92 Å². The first-order valence-electron chi connectivity index (χ1n) is 9.45. The molecule has 29 heavy (non-hydrogen) atoms. The van der Waals surface area contributed by atoms with Gasteiger partial charge in [0.1, 0.15) is 0 Å². The van der Waals surface area contributed by atoms with Crippen LogP contribution in [0.4, 0.5) is 13.2 Å². The van der Waals surface area contributed by atoms with Gasteiger partial charge in [0.15, 0.2) is 0 Å². The Hall–Kier alpha value is -3.09. The highest BCUT2D eigenvalue weighted by molar-refractivity contribution is 5.99. The molecule has 1 aliphatic rings. The fraction of sp³-hybridized carbons (Fsp3) is 0.273. The van der Waals surface area contributed by atoms with Crippen molar-refractivity contribution in [2.75, 3.05) is 0 Å². The molecule has 0 radical (unpaired) electrons. The SMILES string of the molecule is CC1CCc2[nH]c3ccc(C(=O)N/N=C\c4cccc(C(F)(F)F)c4)cc3c2C1. The van der Waals surface area contributed by atoms with Crippen molar-refractivity contribution in [3.8, 4) is 0 Å². The molecule has 0 fully saturated rings. The second-order valence-electron chi connectivity index (χ2n) is 7.51. The molecule has 4 rings (SSSR count). The highest BCUT2D eigenvalue weighted by atomic mass is 19.4. The quantitative estimate of drug-likeness (QED) is 0.469. The molecule has 0 saturated carbocycles. The number of carbonyl (C=O) groups excluding carboxylic acids is 1. The van der Waals surface area contributed by atoms with E-state index in [1.807, 2.05) is 12.1 Å². The van der Waals surface area contributed by atoms with E-state index >= 15 is 0 Å². The van der Waals surface area contributed by atoms with E-state index < -0.39 is 17.6 Å². The molecule has 4 nitrogen and oxygen atoms in total.